The summed E-state index contributed by atoms with van der Waals surface area (Å²) in [4.78, 5) is 11.6. The first-order valence-electron chi connectivity index (χ1n) is 5.08. The van der Waals surface area contributed by atoms with Crippen molar-refractivity contribution in [3.63, 3.8) is 0 Å². The third kappa shape index (κ3) is 3.64. The number of carbonyl (C=O) groups is 1. The zero-order valence-corrected chi connectivity index (χ0v) is 9.13. The van der Waals surface area contributed by atoms with Crippen LogP contribution < -0.4 is 10.6 Å². The molecule has 0 aromatic heterocycles. The minimum Gasteiger partial charge on any atom is -0.392 e. The van der Waals surface area contributed by atoms with Crippen molar-refractivity contribution >= 4 is 5.91 Å². The number of hydrogen-bond acceptors (Lipinski definition) is 3. The molecule has 0 spiro atoms. The van der Waals surface area contributed by atoms with Crippen molar-refractivity contribution in [2.24, 2.45) is 5.41 Å². The Hall–Kier alpha value is -0.610. The predicted octanol–water partition coefficient (Wildman–Crippen LogP) is -0.128. The van der Waals surface area contributed by atoms with Gasteiger partial charge in [-0.05, 0) is 11.8 Å². The minimum atomic E-state index is -0.375. The second-order valence-corrected chi connectivity index (χ2v) is 5.13. The van der Waals surface area contributed by atoms with Gasteiger partial charge < -0.3 is 15.7 Å². The molecule has 1 heterocycles. The monoisotopic (exact) mass is 200 g/mol. The summed E-state index contributed by atoms with van der Waals surface area (Å²) in [5.74, 6) is -0.00326. The molecule has 0 aliphatic carbocycles. The number of nitrogens with one attached hydrogen (secondary N) is 2. The van der Waals surface area contributed by atoms with Crippen LogP contribution in [0.2, 0.25) is 0 Å². The fraction of sp³-hybridized carbons (Fsp3) is 0.900. The molecule has 1 rings (SSSR count). The number of amides is 1. The highest BCUT2D eigenvalue weighted by Gasteiger charge is 2.28. The minimum absolute atomic E-state index is 0.00326. The molecule has 1 aliphatic heterocycles. The fourth-order valence-electron chi connectivity index (χ4n) is 1.39. The van der Waals surface area contributed by atoms with Gasteiger partial charge in [0.25, 0.3) is 0 Å². The molecule has 1 aliphatic rings. The highest BCUT2D eigenvalue weighted by molar-refractivity contribution is 5.82. The standard InChI is InChI=1S/C10H20N2O2/c1-10(2,3)6-12-9(14)8-4-7(13)5-11-8/h7-8,11,13H,4-6H2,1-3H3,(H,12,14)/t7-,8-/m1/s1. The molecule has 82 valence electrons. The van der Waals surface area contributed by atoms with Crippen molar-refractivity contribution in [3.8, 4) is 0 Å². The van der Waals surface area contributed by atoms with Crippen LogP contribution in [0.25, 0.3) is 0 Å². The molecule has 0 unspecified atom stereocenters. The Morgan fingerprint density at radius 3 is 2.64 bits per heavy atom. The van der Waals surface area contributed by atoms with Gasteiger partial charge in [0.2, 0.25) is 5.91 Å². The van der Waals surface area contributed by atoms with Gasteiger partial charge in [0.1, 0.15) is 0 Å². The highest BCUT2D eigenvalue weighted by Crippen LogP contribution is 2.11. The van der Waals surface area contributed by atoms with Crippen molar-refractivity contribution in [3.05, 3.63) is 0 Å². The molecule has 1 amide bonds. The van der Waals surface area contributed by atoms with Gasteiger partial charge in [0.05, 0.1) is 12.1 Å². The average molecular weight is 200 g/mol. The van der Waals surface area contributed by atoms with E-state index in [0.717, 1.165) is 0 Å². The molecule has 2 atom stereocenters. The molecule has 1 fully saturated rings. The summed E-state index contributed by atoms with van der Waals surface area (Å²) >= 11 is 0. The van der Waals surface area contributed by atoms with Crippen molar-refractivity contribution < 1.29 is 9.90 Å². The van der Waals surface area contributed by atoms with E-state index in [1.807, 2.05) is 0 Å². The second-order valence-electron chi connectivity index (χ2n) is 5.13. The quantitative estimate of drug-likeness (QED) is 0.582. The van der Waals surface area contributed by atoms with Gasteiger partial charge in [-0.1, -0.05) is 20.8 Å². The zero-order valence-electron chi connectivity index (χ0n) is 9.13. The molecule has 0 bridgehead atoms. The van der Waals surface area contributed by atoms with Crippen molar-refractivity contribution in [1.82, 2.24) is 10.6 Å². The Morgan fingerprint density at radius 2 is 2.21 bits per heavy atom. The van der Waals surface area contributed by atoms with E-state index in [4.69, 9.17) is 0 Å². The maximum absolute atomic E-state index is 11.6. The van der Waals surface area contributed by atoms with E-state index in [2.05, 4.69) is 31.4 Å². The summed E-state index contributed by atoms with van der Waals surface area (Å²) in [5.41, 5.74) is 0.104. The van der Waals surface area contributed by atoms with E-state index in [9.17, 15) is 9.90 Å². The lowest BCUT2D eigenvalue weighted by molar-refractivity contribution is -0.123. The van der Waals surface area contributed by atoms with Crippen LogP contribution in [0.15, 0.2) is 0 Å². The number of aliphatic hydroxyl groups is 1. The van der Waals surface area contributed by atoms with Crippen LogP contribution in [-0.4, -0.2) is 36.2 Å². The van der Waals surface area contributed by atoms with Crippen LogP contribution in [0.4, 0.5) is 0 Å². The molecule has 14 heavy (non-hydrogen) atoms. The van der Waals surface area contributed by atoms with Gasteiger partial charge in [-0.25, -0.2) is 0 Å². The van der Waals surface area contributed by atoms with Crippen molar-refractivity contribution in [1.29, 1.82) is 0 Å². The summed E-state index contributed by atoms with van der Waals surface area (Å²) in [7, 11) is 0. The van der Waals surface area contributed by atoms with E-state index < -0.39 is 0 Å². The first-order valence-corrected chi connectivity index (χ1v) is 5.08. The summed E-state index contributed by atoms with van der Waals surface area (Å²) in [6.45, 7) is 7.41. The number of carbonyl (C=O) groups excluding carboxylic acids is 1. The van der Waals surface area contributed by atoms with E-state index in [-0.39, 0.29) is 23.5 Å². The fourth-order valence-corrected chi connectivity index (χ4v) is 1.39. The lowest BCUT2D eigenvalue weighted by Crippen LogP contribution is -2.43. The van der Waals surface area contributed by atoms with E-state index >= 15 is 0 Å². The van der Waals surface area contributed by atoms with Crippen LogP contribution >= 0.6 is 0 Å². The second kappa shape index (κ2) is 4.28. The molecule has 0 aromatic carbocycles. The first-order chi connectivity index (χ1) is 6.38. The maximum atomic E-state index is 11.6. The molecule has 0 radical (unpaired) electrons. The maximum Gasteiger partial charge on any atom is 0.237 e. The highest BCUT2D eigenvalue weighted by atomic mass is 16.3. The van der Waals surface area contributed by atoms with Crippen LogP contribution in [0.3, 0.4) is 0 Å². The molecule has 4 heteroatoms. The van der Waals surface area contributed by atoms with Gasteiger partial charge >= 0.3 is 0 Å². The summed E-state index contributed by atoms with van der Waals surface area (Å²) in [6.07, 6.45) is 0.149. The molecular weight excluding hydrogens is 180 g/mol. The Labute approximate surface area is 85.1 Å². The number of rotatable bonds is 2. The lowest BCUT2D eigenvalue weighted by Gasteiger charge is -2.20. The molecule has 1 saturated heterocycles. The lowest BCUT2D eigenvalue weighted by atomic mass is 9.97. The molecule has 4 nitrogen and oxygen atoms in total. The molecular formula is C10H20N2O2. The SMILES string of the molecule is CC(C)(C)CNC(=O)[C@H]1C[C@@H](O)CN1. The molecule has 0 aromatic rings. The summed E-state index contributed by atoms with van der Waals surface area (Å²) in [5, 5.41) is 15.1. The van der Waals surface area contributed by atoms with Gasteiger partial charge in [-0.3, -0.25) is 4.79 Å². The number of aliphatic hydroxyl groups excluding tert-OH is 1. The normalized spacial score (nSPS) is 27.7. The largest absolute Gasteiger partial charge is 0.392 e. The Morgan fingerprint density at radius 1 is 1.57 bits per heavy atom. The van der Waals surface area contributed by atoms with E-state index in [1.165, 1.54) is 0 Å². The first kappa shape index (κ1) is 11.5. The van der Waals surface area contributed by atoms with E-state index in [1.54, 1.807) is 0 Å². The van der Waals surface area contributed by atoms with Crippen LogP contribution in [0.1, 0.15) is 27.2 Å². The topological polar surface area (TPSA) is 61.4 Å². The van der Waals surface area contributed by atoms with Crippen LogP contribution in [0, 0.1) is 5.41 Å². The van der Waals surface area contributed by atoms with Gasteiger partial charge in [-0.15, -0.1) is 0 Å². The predicted molar refractivity (Wildman–Crippen MR) is 54.9 cm³/mol. The van der Waals surface area contributed by atoms with Crippen LogP contribution in [0.5, 0.6) is 0 Å². The number of hydrogen-bond donors (Lipinski definition) is 3. The van der Waals surface area contributed by atoms with Gasteiger partial charge in [0.15, 0.2) is 0 Å². The summed E-state index contributed by atoms with van der Waals surface area (Å²) in [6, 6.07) is -0.215. The molecule has 0 saturated carbocycles. The molecule has 3 N–H and O–H groups in total. The van der Waals surface area contributed by atoms with Crippen molar-refractivity contribution in [2.45, 2.75) is 39.3 Å². The van der Waals surface area contributed by atoms with Gasteiger partial charge in [-0.2, -0.15) is 0 Å². The summed E-state index contributed by atoms with van der Waals surface area (Å²) < 4.78 is 0. The van der Waals surface area contributed by atoms with Gasteiger partial charge in [0, 0.05) is 13.1 Å². The van der Waals surface area contributed by atoms with Crippen molar-refractivity contribution in [2.75, 3.05) is 13.1 Å². The smallest absolute Gasteiger partial charge is 0.237 e. The van der Waals surface area contributed by atoms with Crippen LogP contribution in [-0.2, 0) is 4.79 Å². The zero-order chi connectivity index (χ0) is 10.8. The average Bonchev–Trinajstić information content (AvgIpc) is 2.46. The Bertz CT molecular complexity index is 211. The Balaban J connectivity index is 2.29. The number of β-amino-alcohol motifs (C(OH)–C–C–N with tert-alkyl or cyclic N) is 1. The Kier molecular flexibility index (Phi) is 3.50. The third-order valence-electron chi connectivity index (χ3n) is 2.22. The third-order valence-corrected chi connectivity index (χ3v) is 2.22. The van der Waals surface area contributed by atoms with E-state index in [0.29, 0.717) is 19.5 Å².